The maximum Gasteiger partial charge on any atom is 0.410 e. The maximum atomic E-state index is 11.8. The summed E-state index contributed by atoms with van der Waals surface area (Å²) in [6, 6.07) is 8.31. The van der Waals surface area contributed by atoms with Crippen LogP contribution in [0.15, 0.2) is 24.3 Å². The predicted molar refractivity (Wildman–Crippen MR) is 58.4 cm³/mol. The summed E-state index contributed by atoms with van der Waals surface area (Å²) in [5, 5.41) is 8.63. The van der Waals surface area contributed by atoms with Crippen molar-refractivity contribution in [1.29, 1.82) is 5.26 Å². The van der Waals surface area contributed by atoms with Crippen LogP contribution in [-0.2, 0) is 4.74 Å². The lowest BCUT2D eigenvalue weighted by molar-refractivity contribution is 0.0943. The van der Waals surface area contributed by atoms with Crippen molar-refractivity contribution in [1.82, 2.24) is 4.90 Å². The average molecular weight is 230 g/mol. The molecule has 0 atom stereocenters. The molecule has 1 fully saturated rings. The molecule has 1 amide bonds. The highest BCUT2D eigenvalue weighted by Crippen LogP contribution is 2.08. The lowest BCUT2D eigenvalue weighted by atomic mass is 10.1. The Morgan fingerprint density at radius 2 is 2.12 bits per heavy atom. The van der Waals surface area contributed by atoms with Crippen molar-refractivity contribution in [2.45, 2.75) is 0 Å². The van der Waals surface area contributed by atoms with Crippen LogP contribution in [0.4, 0.5) is 4.79 Å². The molecule has 0 spiro atoms. The fraction of sp³-hybridized carbons (Fsp3) is 0.250. The number of benzene rings is 1. The van der Waals surface area contributed by atoms with Gasteiger partial charge in [-0.3, -0.25) is 9.69 Å². The van der Waals surface area contributed by atoms with Crippen molar-refractivity contribution in [3.8, 4) is 6.07 Å². The molecular formula is C12H10N2O3. The molecule has 0 radical (unpaired) electrons. The summed E-state index contributed by atoms with van der Waals surface area (Å²) in [4.78, 5) is 24.3. The van der Waals surface area contributed by atoms with E-state index < -0.39 is 6.09 Å². The fourth-order valence-electron chi connectivity index (χ4n) is 1.56. The third kappa shape index (κ3) is 2.42. The van der Waals surface area contributed by atoms with Crippen molar-refractivity contribution in [3.63, 3.8) is 0 Å². The molecule has 1 aromatic carbocycles. The minimum Gasteiger partial charge on any atom is -0.448 e. The largest absolute Gasteiger partial charge is 0.448 e. The second kappa shape index (κ2) is 4.66. The third-order valence-electron chi connectivity index (χ3n) is 2.52. The number of amides is 1. The van der Waals surface area contributed by atoms with Crippen LogP contribution in [0.5, 0.6) is 0 Å². The number of ketones is 1. The molecule has 17 heavy (non-hydrogen) atoms. The first-order valence-corrected chi connectivity index (χ1v) is 5.16. The van der Waals surface area contributed by atoms with Gasteiger partial charge in [-0.05, 0) is 12.1 Å². The van der Waals surface area contributed by atoms with Gasteiger partial charge in [-0.2, -0.15) is 5.26 Å². The molecule has 86 valence electrons. The van der Waals surface area contributed by atoms with Gasteiger partial charge in [0, 0.05) is 5.56 Å². The Morgan fingerprint density at radius 3 is 2.65 bits per heavy atom. The van der Waals surface area contributed by atoms with E-state index in [0.29, 0.717) is 24.3 Å². The van der Waals surface area contributed by atoms with Crippen LogP contribution in [0, 0.1) is 11.3 Å². The van der Waals surface area contributed by atoms with Gasteiger partial charge >= 0.3 is 6.09 Å². The molecule has 1 heterocycles. The van der Waals surface area contributed by atoms with Crippen LogP contribution in [-0.4, -0.2) is 36.5 Å². The molecule has 0 aliphatic carbocycles. The molecule has 0 bridgehead atoms. The number of nitriles is 1. The van der Waals surface area contributed by atoms with Crippen LogP contribution in [0.25, 0.3) is 0 Å². The number of Topliss-reactive ketones (excluding diaryl/α,β-unsaturated/α-hetero) is 1. The number of carbonyl (C=O) groups excluding carboxylic acids is 2. The second-order valence-electron chi connectivity index (χ2n) is 3.65. The standard InChI is InChI=1S/C12H10N2O3/c13-7-9-1-3-10(4-2-9)11(15)8-14-5-6-17-12(14)16/h1-4H,5-6,8H2. The van der Waals surface area contributed by atoms with Gasteiger partial charge in [0.15, 0.2) is 5.78 Å². The summed E-state index contributed by atoms with van der Waals surface area (Å²) < 4.78 is 4.73. The Labute approximate surface area is 98.2 Å². The lowest BCUT2D eigenvalue weighted by Gasteiger charge is -2.10. The van der Waals surface area contributed by atoms with E-state index in [-0.39, 0.29) is 12.3 Å². The minimum atomic E-state index is -0.452. The highest BCUT2D eigenvalue weighted by Gasteiger charge is 2.24. The zero-order chi connectivity index (χ0) is 12.3. The Hall–Kier alpha value is -2.35. The summed E-state index contributed by atoms with van der Waals surface area (Å²) in [6.45, 7) is 0.797. The van der Waals surface area contributed by atoms with E-state index in [9.17, 15) is 9.59 Å². The van der Waals surface area contributed by atoms with Gasteiger partial charge in [-0.1, -0.05) is 12.1 Å². The van der Waals surface area contributed by atoms with Crippen LogP contribution in [0.1, 0.15) is 15.9 Å². The first-order valence-electron chi connectivity index (χ1n) is 5.16. The summed E-state index contributed by atoms with van der Waals surface area (Å²) in [5.74, 6) is -0.159. The van der Waals surface area contributed by atoms with Gasteiger partial charge in [-0.15, -0.1) is 0 Å². The predicted octanol–water partition coefficient (Wildman–Crippen LogP) is 1.19. The fourth-order valence-corrected chi connectivity index (χ4v) is 1.56. The van der Waals surface area contributed by atoms with Gasteiger partial charge < -0.3 is 4.74 Å². The van der Waals surface area contributed by atoms with E-state index in [1.807, 2.05) is 6.07 Å². The van der Waals surface area contributed by atoms with Crippen molar-refractivity contribution < 1.29 is 14.3 Å². The molecule has 2 rings (SSSR count). The first kappa shape index (κ1) is 11.1. The van der Waals surface area contributed by atoms with Crippen LogP contribution >= 0.6 is 0 Å². The molecule has 1 aliphatic heterocycles. The molecule has 1 aromatic rings. The van der Waals surface area contributed by atoms with E-state index in [1.54, 1.807) is 24.3 Å². The maximum absolute atomic E-state index is 11.8. The summed E-state index contributed by atoms with van der Waals surface area (Å²) in [6.07, 6.45) is -0.452. The van der Waals surface area contributed by atoms with Crippen molar-refractivity contribution in [3.05, 3.63) is 35.4 Å². The Bertz CT molecular complexity index is 487. The summed E-state index contributed by atoms with van der Waals surface area (Å²) in [7, 11) is 0. The average Bonchev–Trinajstić information content (AvgIpc) is 2.75. The number of hydrogen-bond donors (Lipinski definition) is 0. The van der Waals surface area contributed by atoms with Gasteiger partial charge in [0.25, 0.3) is 0 Å². The minimum absolute atomic E-state index is 0.0186. The molecule has 1 saturated heterocycles. The third-order valence-corrected chi connectivity index (χ3v) is 2.52. The highest BCUT2D eigenvalue weighted by atomic mass is 16.6. The Kier molecular flexibility index (Phi) is 3.06. The van der Waals surface area contributed by atoms with Gasteiger partial charge in [0.1, 0.15) is 6.61 Å². The van der Waals surface area contributed by atoms with Crippen molar-refractivity contribution >= 4 is 11.9 Å². The van der Waals surface area contributed by atoms with E-state index in [2.05, 4.69) is 0 Å². The van der Waals surface area contributed by atoms with Crippen LogP contribution in [0.2, 0.25) is 0 Å². The number of ether oxygens (including phenoxy) is 1. The monoisotopic (exact) mass is 230 g/mol. The Balaban J connectivity index is 2.04. The zero-order valence-corrected chi connectivity index (χ0v) is 9.05. The summed E-state index contributed by atoms with van der Waals surface area (Å²) >= 11 is 0. The molecular weight excluding hydrogens is 220 g/mol. The van der Waals surface area contributed by atoms with Crippen LogP contribution in [0.3, 0.4) is 0 Å². The molecule has 5 nitrogen and oxygen atoms in total. The second-order valence-corrected chi connectivity index (χ2v) is 3.65. The topological polar surface area (TPSA) is 70.4 Å². The molecule has 1 aliphatic rings. The molecule has 0 saturated carbocycles. The number of hydrogen-bond acceptors (Lipinski definition) is 4. The van der Waals surface area contributed by atoms with Crippen molar-refractivity contribution in [2.24, 2.45) is 0 Å². The normalized spacial score (nSPS) is 14.3. The number of carbonyl (C=O) groups is 2. The molecule has 0 N–H and O–H groups in total. The van der Waals surface area contributed by atoms with E-state index >= 15 is 0 Å². The van der Waals surface area contributed by atoms with E-state index in [1.165, 1.54) is 4.90 Å². The molecule has 5 heteroatoms. The van der Waals surface area contributed by atoms with E-state index in [0.717, 1.165) is 0 Å². The van der Waals surface area contributed by atoms with E-state index in [4.69, 9.17) is 10.00 Å². The van der Waals surface area contributed by atoms with Gasteiger partial charge in [0.2, 0.25) is 0 Å². The number of cyclic esters (lactones) is 1. The molecule has 0 aromatic heterocycles. The number of rotatable bonds is 3. The van der Waals surface area contributed by atoms with Crippen molar-refractivity contribution in [2.75, 3.05) is 19.7 Å². The Morgan fingerprint density at radius 1 is 1.41 bits per heavy atom. The SMILES string of the molecule is N#Cc1ccc(C(=O)CN2CCOC2=O)cc1. The lowest BCUT2D eigenvalue weighted by Crippen LogP contribution is -2.30. The smallest absolute Gasteiger partial charge is 0.410 e. The van der Waals surface area contributed by atoms with Gasteiger partial charge in [-0.25, -0.2) is 4.79 Å². The first-order chi connectivity index (χ1) is 8.20. The number of nitrogens with zero attached hydrogens (tertiary/aromatic N) is 2. The van der Waals surface area contributed by atoms with Gasteiger partial charge in [0.05, 0.1) is 24.7 Å². The molecule has 0 unspecified atom stereocenters. The highest BCUT2D eigenvalue weighted by molar-refractivity contribution is 5.99. The quantitative estimate of drug-likeness (QED) is 0.731. The van der Waals surface area contributed by atoms with Crippen LogP contribution < -0.4 is 0 Å². The summed E-state index contributed by atoms with van der Waals surface area (Å²) in [5.41, 5.74) is 0.992. The zero-order valence-electron chi connectivity index (χ0n) is 9.05.